The Morgan fingerprint density at radius 3 is 2.89 bits per heavy atom. The maximum absolute atomic E-state index is 5.59. The summed E-state index contributed by atoms with van der Waals surface area (Å²) in [7, 11) is 0. The lowest BCUT2D eigenvalue weighted by Gasteiger charge is -2.28. The third-order valence-electron chi connectivity index (χ3n) is 3.26. The fourth-order valence-corrected chi connectivity index (χ4v) is 3.48. The molecule has 18 heavy (non-hydrogen) atoms. The summed E-state index contributed by atoms with van der Waals surface area (Å²) in [5.41, 5.74) is 8.18. The number of hydrogen-bond donors (Lipinski definition) is 1. The summed E-state index contributed by atoms with van der Waals surface area (Å²) in [4.78, 5) is 8.51. The van der Waals surface area contributed by atoms with Crippen molar-refractivity contribution in [1.29, 1.82) is 0 Å². The number of fused-ring (bicyclic) bond motifs is 1. The van der Waals surface area contributed by atoms with Gasteiger partial charge in [-0.2, -0.15) is 0 Å². The Labute approximate surface area is 111 Å². The topological polar surface area (TPSA) is 42.1 Å². The van der Waals surface area contributed by atoms with Crippen molar-refractivity contribution in [2.45, 2.75) is 19.4 Å². The molecule has 0 amide bonds. The van der Waals surface area contributed by atoms with Crippen molar-refractivity contribution in [3.05, 3.63) is 45.9 Å². The number of hydrogen-bond acceptors (Lipinski definition) is 4. The minimum atomic E-state index is 0.689. The Hall–Kier alpha value is -1.39. The van der Waals surface area contributed by atoms with Crippen molar-refractivity contribution in [3.8, 4) is 0 Å². The van der Waals surface area contributed by atoms with Gasteiger partial charge in [-0.25, -0.2) is 4.98 Å². The van der Waals surface area contributed by atoms with Gasteiger partial charge in [0, 0.05) is 30.0 Å². The highest BCUT2D eigenvalue weighted by Crippen LogP contribution is 2.28. The number of para-hydroxylation sites is 1. The van der Waals surface area contributed by atoms with E-state index >= 15 is 0 Å². The molecule has 2 heterocycles. The molecule has 0 atom stereocenters. The average Bonchev–Trinajstić information content (AvgIpc) is 2.81. The van der Waals surface area contributed by atoms with Crippen molar-refractivity contribution in [2.24, 2.45) is 5.73 Å². The largest absolute Gasteiger partial charge is 0.366 e. The molecular formula is C14H17N3S. The SMILES string of the molecule is NCCc1nc2c(s1)CN(c1ccccc1)CC2. The van der Waals surface area contributed by atoms with Gasteiger partial charge in [0.05, 0.1) is 17.2 Å². The summed E-state index contributed by atoms with van der Waals surface area (Å²) in [6, 6.07) is 10.6. The molecule has 1 aromatic heterocycles. The van der Waals surface area contributed by atoms with Gasteiger partial charge in [0.15, 0.2) is 0 Å². The maximum atomic E-state index is 5.59. The van der Waals surface area contributed by atoms with E-state index in [4.69, 9.17) is 5.73 Å². The molecule has 0 unspecified atom stereocenters. The Morgan fingerprint density at radius 1 is 1.28 bits per heavy atom. The molecule has 0 fully saturated rings. The van der Waals surface area contributed by atoms with Crippen LogP contribution in [0.15, 0.2) is 30.3 Å². The zero-order chi connectivity index (χ0) is 12.4. The quantitative estimate of drug-likeness (QED) is 0.919. The lowest BCUT2D eigenvalue weighted by Crippen LogP contribution is -2.29. The fraction of sp³-hybridized carbons (Fsp3) is 0.357. The van der Waals surface area contributed by atoms with E-state index in [1.807, 2.05) is 11.3 Å². The second kappa shape index (κ2) is 5.08. The maximum Gasteiger partial charge on any atom is 0.0944 e. The Kier molecular flexibility index (Phi) is 3.30. The second-order valence-electron chi connectivity index (χ2n) is 4.52. The van der Waals surface area contributed by atoms with Crippen LogP contribution in [-0.4, -0.2) is 18.1 Å². The van der Waals surface area contributed by atoms with E-state index < -0.39 is 0 Å². The van der Waals surface area contributed by atoms with Gasteiger partial charge in [-0.05, 0) is 18.7 Å². The number of nitrogens with two attached hydrogens (primary N) is 1. The van der Waals surface area contributed by atoms with Gasteiger partial charge in [0.2, 0.25) is 0 Å². The van der Waals surface area contributed by atoms with Crippen LogP contribution in [0.1, 0.15) is 15.6 Å². The molecule has 0 spiro atoms. The first-order valence-corrected chi connectivity index (χ1v) is 7.16. The van der Waals surface area contributed by atoms with Crippen LogP contribution in [-0.2, 0) is 19.4 Å². The van der Waals surface area contributed by atoms with Gasteiger partial charge < -0.3 is 10.6 Å². The first-order valence-electron chi connectivity index (χ1n) is 6.34. The molecule has 1 aliphatic heterocycles. The van der Waals surface area contributed by atoms with Crippen LogP contribution in [0.3, 0.4) is 0 Å². The van der Waals surface area contributed by atoms with Gasteiger partial charge >= 0.3 is 0 Å². The number of nitrogens with zero attached hydrogens (tertiary/aromatic N) is 2. The van der Waals surface area contributed by atoms with E-state index in [1.54, 1.807) is 0 Å². The second-order valence-corrected chi connectivity index (χ2v) is 5.69. The number of aromatic nitrogens is 1. The Balaban J connectivity index is 1.80. The van der Waals surface area contributed by atoms with E-state index in [0.29, 0.717) is 6.54 Å². The summed E-state index contributed by atoms with van der Waals surface area (Å²) in [5.74, 6) is 0. The monoisotopic (exact) mass is 259 g/mol. The smallest absolute Gasteiger partial charge is 0.0944 e. The first-order chi connectivity index (χ1) is 8.86. The molecule has 0 saturated carbocycles. The van der Waals surface area contributed by atoms with Crippen LogP contribution in [0.4, 0.5) is 5.69 Å². The Bertz CT molecular complexity index is 521. The van der Waals surface area contributed by atoms with Crippen molar-refractivity contribution >= 4 is 17.0 Å². The predicted octanol–water partition coefficient (Wildman–Crippen LogP) is 2.21. The lowest BCUT2D eigenvalue weighted by atomic mass is 10.1. The van der Waals surface area contributed by atoms with E-state index in [0.717, 1.165) is 25.9 Å². The van der Waals surface area contributed by atoms with Crippen molar-refractivity contribution < 1.29 is 0 Å². The van der Waals surface area contributed by atoms with Gasteiger partial charge in [-0.15, -0.1) is 11.3 Å². The third-order valence-corrected chi connectivity index (χ3v) is 4.40. The van der Waals surface area contributed by atoms with Crippen molar-refractivity contribution in [1.82, 2.24) is 4.98 Å². The first kappa shape index (κ1) is 11.7. The minimum absolute atomic E-state index is 0.689. The van der Waals surface area contributed by atoms with Gasteiger partial charge in [-0.3, -0.25) is 0 Å². The van der Waals surface area contributed by atoms with Gasteiger partial charge in [0.25, 0.3) is 0 Å². The summed E-state index contributed by atoms with van der Waals surface area (Å²) in [6.45, 7) is 2.74. The van der Waals surface area contributed by atoms with Crippen LogP contribution in [0, 0.1) is 0 Å². The predicted molar refractivity (Wildman–Crippen MR) is 76.1 cm³/mol. The number of rotatable bonds is 3. The summed E-state index contributed by atoms with van der Waals surface area (Å²) in [5, 5.41) is 1.19. The number of benzene rings is 1. The molecule has 4 heteroatoms. The van der Waals surface area contributed by atoms with E-state index in [1.165, 1.54) is 21.3 Å². The molecule has 94 valence electrons. The normalized spacial score (nSPS) is 14.6. The molecule has 1 aromatic carbocycles. The highest BCUT2D eigenvalue weighted by Gasteiger charge is 2.20. The zero-order valence-corrected chi connectivity index (χ0v) is 11.1. The average molecular weight is 259 g/mol. The lowest BCUT2D eigenvalue weighted by molar-refractivity contribution is 0.726. The van der Waals surface area contributed by atoms with Crippen LogP contribution in [0.5, 0.6) is 0 Å². The molecule has 3 nitrogen and oxygen atoms in total. The molecular weight excluding hydrogens is 242 g/mol. The molecule has 2 aromatic rings. The van der Waals surface area contributed by atoms with E-state index in [-0.39, 0.29) is 0 Å². The summed E-state index contributed by atoms with van der Waals surface area (Å²) >= 11 is 1.83. The summed E-state index contributed by atoms with van der Waals surface area (Å²) < 4.78 is 0. The van der Waals surface area contributed by atoms with E-state index in [9.17, 15) is 0 Å². The van der Waals surface area contributed by atoms with Crippen LogP contribution >= 0.6 is 11.3 Å². The van der Waals surface area contributed by atoms with Crippen LogP contribution in [0.25, 0.3) is 0 Å². The van der Waals surface area contributed by atoms with Crippen molar-refractivity contribution in [3.63, 3.8) is 0 Å². The molecule has 0 radical (unpaired) electrons. The van der Waals surface area contributed by atoms with E-state index in [2.05, 4.69) is 40.2 Å². The highest BCUT2D eigenvalue weighted by atomic mass is 32.1. The van der Waals surface area contributed by atoms with Gasteiger partial charge in [0.1, 0.15) is 0 Å². The third kappa shape index (κ3) is 2.26. The standard InChI is InChI=1S/C14H17N3S/c15-8-6-14-16-12-7-9-17(10-13(12)18-14)11-4-2-1-3-5-11/h1-5H,6-10,15H2. The minimum Gasteiger partial charge on any atom is -0.366 e. The molecule has 0 aliphatic carbocycles. The molecule has 2 N–H and O–H groups in total. The molecule has 0 bridgehead atoms. The van der Waals surface area contributed by atoms with Crippen LogP contribution < -0.4 is 10.6 Å². The number of thiazole rings is 1. The zero-order valence-electron chi connectivity index (χ0n) is 10.3. The van der Waals surface area contributed by atoms with Crippen LogP contribution in [0.2, 0.25) is 0 Å². The number of anilines is 1. The fourth-order valence-electron chi connectivity index (χ4n) is 2.34. The molecule has 3 rings (SSSR count). The Morgan fingerprint density at radius 2 is 2.11 bits per heavy atom. The molecule has 0 saturated heterocycles. The van der Waals surface area contributed by atoms with Gasteiger partial charge in [-0.1, -0.05) is 18.2 Å². The van der Waals surface area contributed by atoms with Crippen molar-refractivity contribution in [2.75, 3.05) is 18.0 Å². The summed E-state index contributed by atoms with van der Waals surface area (Å²) in [6.07, 6.45) is 1.95. The highest BCUT2D eigenvalue weighted by molar-refractivity contribution is 7.11. The molecule has 1 aliphatic rings.